The maximum atomic E-state index is 15.7. The summed E-state index contributed by atoms with van der Waals surface area (Å²) in [5, 5.41) is 22.5. The lowest BCUT2D eigenvalue weighted by molar-refractivity contribution is -0.209. The first kappa shape index (κ1) is 20.2. The molecule has 0 aliphatic rings. The summed E-state index contributed by atoms with van der Waals surface area (Å²) in [7, 11) is 0. The predicted molar refractivity (Wildman–Crippen MR) is 98.7 cm³/mol. The number of alkyl halides is 2. The van der Waals surface area contributed by atoms with Gasteiger partial charge in [-0.25, -0.2) is 13.8 Å². The van der Waals surface area contributed by atoms with E-state index < -0.39 is 41.0 Å². The second-order valence-electron chi connectivity index (χ2n) is 6.56. The van der Waals surface area contributed by atoms with Crippen LogP contribution < -0.4 is 0 Å². The van der Waals surface area contributed by atoms with Crippen molar-refractivity contribution in [3.05, 3.63) is 82.8 Å². The van der Waals surface area contributed by atoms with Crippen LogP contribution in [0.2, 0.25) is 5.02 Å². The van der Waals surface area contributed by atoms with Crippen molar-refractivity contribution in [2.45, 2.75) is 18.1 Å². The molecule has 0 bridgehead atoms. The third kappa shape index (κ3) is 3.37. The van der Waals surface area contributed by atoms with Crippen molar-refractivity contribution < 1.29 is 22.7 Å². The number of fused-ring (bicyclic) bond motifs is 1. The first-order valence-corrected chi connectivity index (χ1v) is 8.92. The van der Waals surface area contributed by atoms with E-state index in [9.17, 15) is 13.9 Å². The topological polar surface area (TPSA) is 76.7 Å². The molecule has 0 aliphatic carbocycles. The highest BCUT2D eigenvalue weighted by atomic mass is 35.5. The fourth-order valence-electron chi connectivity index (χ4n) is 3.13. The molecule has 0 amide bonds. The summed E-state index contributed by atoms with van der Waals surface area (Å²) >= 11 is 5.90. The second kappa shape index (κ2) is 7.29. The van der Waals surface area contributed by atoms with E-state index in [0.29, 0.717) is 21.3 Å². The zero-order valence-corrected chi connectivity index (χ0v) is 15.7. The minimum atomic E-state index is -4.13. The summed E-state index contributed by atoms with van der Waals surface area (Å²) < 4.78 is 59.2. The molecule has 1 N–H and O–H groups in total. The molecule has 0 saturated heterocycles. The first-order valence-electron chi connectivity index (χ1n) is 8.54. The fourth-order valence-corrected chi connectivity index (χ4v) is 3.31. The summed E-state index contributed by atoms with van der Waals surface area (Å²) in [5.74, 6) is -6.47. The molecule has 4 rings (SSSR count). The Morgan fingerprint density at radius 1 is 1.03 bits per heavy atom. The molecule has 2 aromatic heterocycles. The average Bonchev–Trinajstić information content (AvgIpc) is 3.20. The van der Waals surface area contributed by atoms with E-state index in [0.717, 1.165) is 24.5 Å². The van der Waals surface area contributed by atoms with Gasteiger partial charge in [-0.3, -0.25) is 0 Å². The van der Waals surface area contributed by atoms with Crippen LogP contribution >= 0.6 is 11.6 Å². The SMILES string of the molecule is OC(Cn1ncnn1)(c1ccc(F)cc1F)C(F)(F)c1ccc2cc(Cl)ccc2n1. The van der Waals surface area contributed by atoms with Crippen molar-refractivity contribution in [1.29, 1.82) is 0 Å². The standard InChI is InChI=1S/C19H12ClF4N5O/c20-12-2-5-16-11(7-12)1-6-17(27-16)19(23,24)18(30,9-29-26-10-25-28-29)14-4-3-13(21)8-15(14)22/h1-8,10,30H,9H2. The number of nitrogens with zero attached hydrogens (tertiary/aromatic N) is 5. The smallest absolute Gasteiger partial charge is 0.323 e. The van der Waals surface area contributed by atoms with E-state index in [4.69, 9.17) is 11.6 Å². The van der Waals surface area contributed by atoms with Gasteiger partial charge < -0.3 is 5.11 Å². The maximum absolute atomic E-state index is 15.7. The van der Waals surface area contributed by atoms with Gasteiger partial charge in [-0.15, -0.1) is 10.2 Å². The Morgan fingerprint density at radius 2 is 1.83 bits per heavy atom. The van der Waals surface area contributed by atoms with Gasteiger partial charge in [-0.1, -0.05) is 17.7 Å². The molecule has 154 valence electrons. The molecule has 0 saturated carbocycles. The molecule has 4 aromatic rings. The van der Waals surface area contributed by atoms with Crippen molar-refractivity contribution in [3.8, 4) is 0 Å². The number of aliphatic hydroxyl groups is 1. The Morgan fingerprint density at radius 3 is 2.53 bits per heavy atom. The lowest BCUT2D eigenvalue weighted by Crippen LogP contribution is -2.48. The van der Waals surface area contributed by atoms with Crippen LogP contribution in [0.3, 0.4) is 0 Å². The zero-order chi connectivity index (χ0) is 21.5. The Bertz CT molecular complexity index is 1220. The summed E-state index contributed by atoms with van der Waals surface area (Å²) in [4.78, 5) is 4.60. The van der Waals surface area contributed by atoms with Gasteiger partial charge in [0, 0.05) is 22.0 Å². The lowest BCUT2D eigenvalue weighted by atomic mass is 9.84. The van der Waals surface area contributed by atoms with E-state index in [-0.39, 0.29) is 5.52 Å². The van der Waals surface area contributed by atoms with Crippen molar-refractivity contribution in [2.75, 3.05) is 0 Å². The molecular weight excluding hydrogens is 426 g/mol. The predicted octanol–water partition coefficient (Wildman–Crippen LogP) is 3.83. The normalized spacial score (nSPS) is 14.1. The molecule has 0 radical (unpaired) electrons. The van der Waals surface area contributed by atoms with Gasteiger partial charge in [0.2, 0.25) is 0 Å². The molecule has 2 aromatic carbocycles. The van der Waals surface area contributed by atoms with E-state index in [1.807, 2.05) is 0 Å². The molecule has 1 unspecified atom stereocenters. The summed E-state index contributed by atoms with van der Waals surface area (Å²) in [5.41, 5.74) is -4.69. The van der Waals surface area contributed by atoms with Crippen molar-refractivity contribution >= 4 is 22.5 Å². The Hall–Kier alpha value is -3.11. The third-order valence-corrected chi connectivity index (χ3v) is 4.87. The van der Waals surface area contributed by atoms with Crippen molar-refractivity contribution in [2.24, 2.45) is 0 Å². The lowest BCUT2D eigenvalue weighted by Gasteiger charge is -2.35. The van der Waals surface area contributed by atoms with Gasteiger partial charge in [-0.2, -0.15) is 13.6 Å². The van der Waals surface area contributed by atoms with Crippen LogP contribution in [0.15, 0.2) is 54.9 Å². The van der Waals surface area contributed by atoms with E-state index in [1.165, 1.54) is 24.3 Å². The van der Waals surface area contributed by atoms with Crippen LogP contribution in [0.4, 0.5) is 17.6 Å². The maximum Gasteiger partial charge on any atom is 0.323 e. The highest BCUT2D eigenvalue weighted by Crippen LogP contribution is 2.47. The number of halogens is 5. The Labute approximate surface area is 171 Å². The summed E-state index contributed by atoms with van der Waals surface area (Å²) in [6.45, 7) is -0.969. The monoisotopic (exact) mass is 437 g/mol. The number of hydrogen-bond acceptors (Lipinski definition) is 5. The highest BCUT2D eigenvalue weighted by Gasteiger charge is 2.58. The third-order valence-electron chi connectivity index (χ3n) is 4.63. The van der Waals surface area contributed by atoms with E-state index >= 15 is 8.78 Å². The molecule has 2 heterocycles. The second-order valence-corrected chi connectivity index (χ2v) is 7.00. The number of rotatable bonds is 5. The summed E-state index contributed by atoms with van der Waals surface area (Å²) in [6.07, 6.45) is 0.970. The Balaban J connectivity index is 1.89. The van der Waals surface area contributed by atoms with Crippen LogP contribution in [0, 0.1) is 11.6 Å². The largest absolute Gasteiger partial charge is 0.377 e. The van der Waals surface area contributed by atoms with Crippen LogP contribution in [-0.2, 0) is 18.1 Å². The number of aromatic nitrogens is 5. The highest BCUT2D eigenvalue weighted by molar-refractivity contribution is 6.31. The van der Waals surface area contributed by atoms with Crippen LogP contribution in [-0.4, -0.2) is 30.3 Å². The van der Waals surface area contributed by atoms with E-state index in [1.54, 1.807) is 0 Å². The molecule has 11 heteroatoms. The zero-order valence-electron chi connectivity index (χ0n) is 15.0. The van der Waals surface area contributed by atoms with Crippen LogP contribution in [0.1, 0.15) is 11.3 Å². The van der Waals surface area contributed by atoms with Crippen molar-refractivity contribution in [3.63, 3.8) is 0 Å². The number of hydrogen-bond donors (Lipinski definition) is 1. The number of pyridine rings is 1. The first-order chi connectivity index (χ1) is 14.2. The van der Waals surface area contributed by atoms with Gasteiger partial charge in [0.25, 0.3) is 0 Å². The number of tetrazole rings is 1. The molecule has 0 aliphatic heterocycles. The fraction of sp³-hybridized carbons (Fsp3) is 0.158. The minimum Gasteiger partial charge on any atom is -0.377 e. The van der Waals surface area contributed by atoms with Gasteiger partial charge in [0.05, 0.1) is 5.52 Å². The Kier molecular flexibility index (Phi) is 4.91. The van der Waals surface area contributed by atoms with Crippen LogP contribution in [0.25, 0.3) is 10.9 Å². The quantitative estimate of drug-likeness (QED) is 0.480. The number of benzene rings is 2. The van der Waals surface area contributed by atoms with Crippen molar-refractivity contribution in [1.82, 2.24) is 25.2 Å². The molecule has 30 heavy (non-hydrogen) atoms. The van der Waals surface area contributed by atoms with Crippen LogP contribution in [0.5, 0.6) is 0 Å². The molecule has 1 atom stereocenters. The average molecular weight is 438 g/mol. The molecule has 6 nitrogen and oxygen atoms in total. The van der Waals surface area contributed by atoms with Gasteiger partial charge >= 0.3 is 5.92 Å². The van der Waals surface area contributed by atoms with E-state index in [2.05, 4.69) is 20.4 Å². The molecule has 0 spiro atoms. The van der Waals surface area contributed by atoms with Gasteiger partial charge in [0.15, 0.2) is 11.9 Å². The molecular formula is C19H12ClF4N5O. The molecule has 0 fully saturated rings. The summed E-state index contributed by atoms with van der Waals surface area (Å²) in [6, 6.07) is 8.72. The van der Waals surface area contributed by atoms with Gasteiger partial charge in [0.1, 0.15) is 23.9 Å². The van der Waals surface area contributed by atoms with Gasteiger partial charge in [-0.05, 0) is 41.6 Å². The minimum absolute atomic E-state index is 0.192.